The lowest BCUT2D eigenvalue weighted by Gasteiger charge is -2.11. The molecule has 0 spiro atoms. The number of nitrogens with one attached hydrogen (secondary N) is 1. The summed E-state index contributed by atoms with van der Waals surface area (Å²) in [4.78, 5) is 9.72. The first-order valence-electron chi connectivity index (χ1n) is 6.33. The molecule has 0 aliphatic carbocycles. The van der Waals surface area contributed by atoms with Crippen LogP contribution in [-0.4, -0.2) is 20.9 Å². The van der Waals surface area contributed by atoms with Gasteiger partial charge >= 0.3 is 6.18 Å². The van der Waals surface area contributed by atoms with Crippen LogP contribution in [0.2, 0.25) is 0 Å². The Kier molecular flexibility index (Phi) is 4.34. The fraction of sp³-hybridized carbons (Fsp3) is 0.231. The molecule has 0 fully saturated rings. The molecule has 0 saturated carbocycles. The summed E-state index contributed by atoms with van der Waals surface area (Å²) in [6, 6.07) is 2.41. The number of benzene rings is 1. The number of halogens is 3. The van der Waals surface area contributed by atoms with Gasteiger partial charge in [0.1, 0.15) is 0 Å². The van der Waals surface area contributed by atoms with Crippen molar-refractivity contribution in [3.8, 4) is 0 Å². The highest BCUT2D eigenvalue weighted by molar-refractivity contribution is 5.81. The highest BCUT2D eigenvalue weighted by Gasteiger charge is 2.35. The molecule has 0 radical (unpaired) electrons. The maximum Gasteiger partial charge on any atom is 0.418 e. The number of anilines is 1. The first-order valence-corrected chi connectivity index (χ1v) is 6.33. The zero-order chi connectivity index (χ0) is 17.2. The number of nitro benzene ring substituents is 1. The number of nitrogens with zero attached hydrogens (tertiary/aromatic N) is 4. The van der Waals surface area contributed by atoms with Crippen molar-refractivity contribution in [1.29, 1.82) is 0 Å². The third-order valence-electron chi connectivity index (χ3n) is 3.18. The van der Waals surface area contributed by atoms with Crippen LogP contribution in [0.5, 0.6) is 0 Å². The second-order valence-electron chi connectivity index (χ2n) is 4.66. The van der Waals surface area contributed by atoms with Crippen molar-refractivity contribution in [2.24, 2.45) is 12.1 Å². The molecule has 1 aromatic heterocycles. The van der Waals surface area contributed by atoms with E-state index >= 15 is 0 Å². The van der Waals surface area contributed by atoms with Crippen molar-refractivity contribution < 1.29 is 18.1 Å². The largest absolute Gasteiger partial charge is 0.418 e. The van der Waals surface area contributed by atoms with Gasteiger partial charge in [-0.2, -0.15) is 23.4 Å². The number of hydrogen-bond donors (Lipinski definition) is 1. The smallest absolute Gasteiger partial charge is 0.278 e. The molecule has 1 heterocycles. The zero-order valence-corrected chi connectivity index (χ0v) is 12.1. The van der Waals surface area contributed by atoms with Crippen LogP contribution in [0.1, 0.15) is 16.8 Å². The maximum absolute atomic E-state index is 13.0. The lowest BCUT2D eigenvalue weighted by atomic mass is 10.1. The number of non-ortho nitro benzene ring substituents is 1. The molecule has 0 unspecified atom stereocenters. The van der Waals surface area contributed by atoms with Crippen molar-refractivity contribution in [2.45, 2.75) is 13.1 Å². The second kappa shape index (κ2) is 6.07. The van der Waals surface area contributed by atoms with E-state index in [9.17, 15) is 23.3 Å². The standard InChI is InChI=1S/C13H12F3N5O2/c1-8-9(7-18-20(8)2)6-17-19-12-4-3-10(21(22)23)5-11(12)13(14,15)16/h3-7,19H,1-2H3. The van der Waals surface area contributed by atoms with E-state index in [0.717, 1.165) is 17.8 Å². The Balaban J connectivity index is 2.29. The summed E-state index contributed by atoms with van der Waals surface area (Å²) in [6.45, 7) is 1.78. The average molecular weight is 327 g/mol. The lowest BCUT2D eigenvalue weighted by molar-refractivity contribution is -0.385. The van der Waals surface area contributed by atoms with Crippen LogP contribution in [0.25, 0.3) is 0 Å². The number of hydrazone groups is 1. The van der Waals surface area contributed by atoms with E-state index in [1.165, 1.54) is 12.4 Å². The van der Waals surface area contributed by atoms with Crippen LogP contribution in [0, 0.1) is 17.0 Å². The summed E-state index contributed by atoms with van der Waals surface area (Å²) >= 11 is 0. The van der Waals surface area contributed by atoms with Gasteiger partial charge in [0.05, 0.1) is 28.6 Å². The quantitative estimate of drug-likeness (QED) is 0.531. The van der Waals surface area contributed by atoms with E-state index in [-0.39, 0.29) is 5.69 Å². The fourth-order valence-electron chi connectivity index (χ4n) is 1.79. The van der Waals surface area contributed by atoms with E-state index in [2.05, 4.69) is 15.6 Å². The van der Waals surface area contributed by atoms with Crippen LogP contribution >= 0.6 is 0 Å². The van der Waals surface area contributed by atoms with Gasteiger partial charge in [-0.3, -0.25) is 20.2 Å². The number of hydrogen-bond acceptors (Lipinski definition) is 5. The number of aryl methyl sites for hydroxylation is 1. The summed E-state index contributed by atoms with van der Waals surface area (Å²) in [5.41, 5.74) is 1.50. The second-order valence-corrected chi connectivity index (χ2v) is 4.66. The molecular weight excluding hydrogens is 315 g/mol. The van der Waals surface area contributed by atoms with Crippen LogP contribution < -0.4 is 5.43 Å². The van der Waals surface area contributed by atoms with Crippen molar-refractivity contribution in [3.05, 3.63) is 51.3 Å². The van der Waals surface area contributed by atoms with Crippen molar-refractivity contribution in [3.63, 3.8) is 0 Å². The fourth-order valence-corrected chi connectivity index (χ4v) is 1.79. The van der Waals surface area contributed by atoms with Gasteiger partial charge in [-0.25, -0.2) is 0 Å². The van der Waals surface area contributed by atoms with Gasteiger partial charge in [0.25, 0.3) is 5.69 Å². The Morgan fingerprint density at radius 2 is 2.13 bits per heavy atom. The van der Waals surface area contributed by atoms with Crippen LogP contribution in [0.4, 0.5) is 24.5 Å². The zero-order valence-electron chi connectivity index (χ0n) is 12.1. The number of aromatic nitrogens is 2. The Labute approximate surface area is 128 Å². The van der Waals surface area contributed by atoms with Crippen LogP contribution in [0.3, 0.4) is 0 Å². The average Bonchev–Trinajstić information content (AvgIpc) is 2.78. The van der Waals surface area contributed by atoms with Crippen molar-refractivity contribution >= 4 is 17.6 Å². The Morgan fingerprint density at radius 1 is 1.43 bits per heavy atom. The predicted octanol–water partition coefficient (Wildman–Crippen LogP) is 3.10. The third-order valence-corrected chi connectivity index (χ3v) is 3.18. The molecule has 0 atom stereocenters. The summed E-state index contributed by atoms with van der Waals surface area (Å²) in [6.07, 6.45) is -1.90. The van der Waals surface area contributed by atoms with Crippen molar-refractivity contribution in [1.82, 2.24) is 9.78 Å². The minimum atomic E-state index is -4.74. The molecule has 7 nitrogen and oxygen atoms in total. The highest BCUT2D eigenvalue weighted by atomic mass is 19.4. The van der Waals surface area contributed by atoms with Crippen molar-refractivity contribution in [2.75, 3.05) is 5.43 Å². The molecule has 2 rings (SSSR count). The Morgan fingerprint density at radius 3 is 2.65 bits per heavy atom. The summed E-state index contributed by atoms with van der Waals surface area (Å²) in [7, 11) is 1.72. The van der Waals surface area contributed by atoms with E-state index < -0.39 is 22.4 Å². The van der Waals surface area contributed by atoms with E-state index in [0.29, 0.717) is 11.6 Å². The van der Waals surface area contributed by atoms with E-state index in [1.807, 2.05) is 0 Å². The van der Waals surface area contributed by atoms with Gasteiger partial charge in [0.2, 0.25) is 0 Å². The molecule has 0 bridgehead atoms. The predicted molar refractivity (Wildman–Crippen MR) is 77.3 cm³/mol. The molecule has 10 heteroatoms. The van der Waals surface area contributed by atoms with Gasteiger partial charge in [0.15, 0.2) is 0 Å². The van der Waals surface area contributed by atoms with Gasteiger partial charge in [-0.05, 0) is 13.0 Å². The molecule has 122 valence electrons. The molecule has 0 amide bonds. The van der Waals surface area contributed by atoms with Gasteiger partial charge < -0.3 is 0 Å². The molecule has 0 aliphatic rings. The molecular formula is C13H12F3N5O2. The monoisotopic (exact) mass is 327 g/mol. The molecule has 0 saturated heterocycles. The van der Waals surface area contributed by atoms with Crippen LogP contribution in [0.15, 0.2) is 29.5 Å². The third kappa shape index (κ3) is 3.65. The number of rotatable bonds is 4. The van der Waals surface area contributed by atoms with Crippen LogP contribution in [-0.2, 0) is 13.2 Å². The topological polar surface area (TPSA) is 85.3 Å². The molecule has 1 N–H and O–H groups in total. The Hall–Kier alpha value is -2.91. The summed E-state index contributed by atoms with van der Waals surface area (Å²) in [5.74, 6) is 0. The van der Waals surface area contributed by atoms with E-state index in [4.69, 9.17) is 0 Å². The summed E-state index contributed by atoms with van der Waals surface area (Å²) in [5, 5.41) is 18.3. The minimum absolute atomic E-state index is 0.374. The number of nitro groups is 1. The highest BCUT2D eigenvalue weighted by Crippen LogP contribution is 2.37. The summed E-state index contributed by atoms with van der Waals surface area (Å²) < 4.78 is 40.5. The normalized spacial score (nSPS) is 11.9. The molecule has 0 aliphatic heterocycles. The van der Waals surface area contributed by atoms with Gasteiger partial charge in [-0.15, -0.1) is 0 Å². The molecule has 2 aromatic rings. The Bertz CT molecular complexity index is 767. The van der Waals surface area contributed by atoms with Gasteiger partial charge in [-0.1, -0.05) is 0 Å². The van der Waals surface area contributed by atoms with E-state index in [1.54, 1.807) is 18.7 Å². The first kappa shape index (κ1) is 16.5. The SMILES string of the molecule is Cc1c(C=NNc2ccc([N+](=O)[O-])cc2C(F)(F)F)cnn1C. The maximum atomic E-state index is 13.0. The lowest BCUT2D eigenvalue weighted by Crippen LogP contribution is -2.09. The number of alkyl halides is 3. The molecule has 23 heavy (non-hydrogen) atoms. The minimum Gasteiger partial charge on any atom is -0.278 e. The van der Waals surface area contributed by atoms with Gasteiger partial charge in [0, 0.05) is 30.4 Å². The first-order chi connectivity index (χ1) is 10.7. The molecule has 1 aromatic carbocycles.